The second kappa shape index (κ2) is 11.0. The number of methoxy groups -OCH3 is 2. The van der Waals surface area contributed by atoms with Crippen LogP contribution in [0, 0.1) is 0 Å². The van der Waals surface area contributed by atoms with E-state index < -0.39 is 0 Å². The number of rotatable bonds is 10. The molecule has 1 aliphatic rings. The third kappa shape index (κ3) is 4.92. The molecule has 0 bridgehead atoms. The Morgan fingerprint density at radius 3 is 2.33 bits per heavy atom. The molecular formula is C25H36NO3P. The number of para-hydroxylation sites is 2. The highest BCUT2D eigenvalue weighted by Crippen LogP contribution is 2.52. The van der Waals surface area contributed by atoms with Gasteiger partial charge in [-0.3, -0.25) is 0 Å². The van der Waals surface area contributed by atoms with Crippen molar-refractivity contribution >= 4 is 19.6 Å². The Labute approximate surface area is 183 Å². The average molecular weight is 430 g/mol. The molecule has 0 spiro atoms. The Morgan fingerprint density at radius 1 is 0.933 bits per heavy atom. The summed E-state index contributed by atoms with van der Waals surface area (Å²) in [5.41, 5.74) is 2.62. The Morgan fingerprint density at radius 2 is 1.67 bits per heavy atom. The van der Waals surface area contributed by atoms with Crippen molar-refractivity contribution < 1.29 is 14.2 Å². The summed E-state index contributed by atoms with van der Waals surface area (Å²) in [7, 11) is 4.00. The fraction of sp³-hybridized carbons (Fsp3) is 0.520. The Balaban J connectivity index is 2.03. The van der Waals surface area contributed by atoms with Crippen LogP contribution in [0.25, 0.3) is 0 Å². The third-order valence-electron chi connectivity index (χ3n) is 6.22. The van der Waals surface area contributed by atoms with Crippen LogP contribution in [0.15, 0.2) is 42.5 Å². The molecule has 1 atom stereocenters. The number of hydrogen-bond acceptors (Lipinski definition) is 4. The Hall–Kier alpha value is -1.77. The molecule has 0 aromatic heterocycles. The van der Waals surface area contributed by atoms with Crippen LogP contribution in [-0.2, 0) is 9.89 Å². The molecule has 1 unspecified atom stereocenters. The number of anilines is 1. The molecule has 164 valence electrons. The highest BCUT2D eigenvalue weighted by molar-refractivity contribution is 7.49. The van der Waals surface area contributed by atoms with Gasteiger partial charge in [0.2, 0.25) is 0 Å². The summed E-state index contributed by atoms with van der Waals surface area (Å²) in [6, 6.07) is 15.2. The standard InChI is InChI=1S/C25H36NO3P/c1-5-25(6-2,20-13-12-15-22(28-4)24(20)29-19-27-3)30-23-16-9-8-14-21(23)26-17-10-7-11-18-26/h8-9,12-16,30H,5-7,10-11,17-19H2,1-4H3. The lowest BCUT2D eigenvalue weighted by atomic mass is 9.91. The molecule has 1 fully saturated rings. The summed E-state index contributed by atoms with van der Waals surface area (Å²) in [5, 5.41) is 1.44. The normalized spacial score (nSPS) is 15.0. The molecule has 0 radical (unpaired) electrons. The second-order valence-corrected chi connectivity index (χ2v) is 9.61. The van der Waals surface area contributed by atoms with Crippen LogP contribution in [0.1, 0.15) is 51.5 Å². The summed E-state index contributed by atoms with van der Waals surface area (Å²) in [5.74, 6) is 1.58. The zero-order valence-electron chi connectivity index (χ0n) is 18.9. The van der Waals surface area contributed by atoms with Crippen LogP contribution in [0.3, 0.4) is 0 Å². The topological polar surface area (TPSA) is 30.9 Å². The van der Waals surface area contributed by atoms with E-state index in [-0.39, 0.29) is 11.9 Å². The third-order valence-corrected chi connectivity index (χ3v) is 8.36. The van der Waals surface area contributed by atoms with Crippen LogP contribution in [0.2, 0.25) is 0 Å². The lowest BCUT2D eigenvalue weighted by Gasteiger charge is -2.37. The SMILES string of the molecule is CCC(CC)(Pc1ccccc1N1CCCCC1)c1cccc(OC)c1OCOC. The maximum absolute atomic E-state index is 6.05. The van der Waals surface area contributed by atoms with Gasteiger partial charge in [0.1, 0.15) is 0 Å². The minimum atomic E-state index is -0.0104. The summed E-state index contributed by atoms with van der Waals surface area (Å²) in [6.07, 6.45) is 5.99. The Kier molecular flexibility index (Phi) is 8.41. The molecule has 1 saturated heterocycles. The van der Waals surface area contributed by atoms with E-state index >= 15 is 0 Å². The first-order valence-corrected chi connectivity index (χ1v) is 12.1. The molecule has 2 aromatic rings. The van der Waals surface area contributed by atoms with Gasteiger partial charge >= 0.3 is 0 Å². The van der Waals surface area contributed by atoms with Crippen molar-refractivity contribution in [2.75, 3.05) is 39.0 Å². The van der Waals surface area contributed by atoms with Gasteiger partial charge in [0.15, 0.2) is 18.3 Å². The quantitative estimate of drug-likeness (QED) is 0.359. The number of nitrogens with zero attached hydrogens (tertiary/aromatic N) is 1. The molecule has 30 heavy (non-hydrogen) atoms. The van der Waals surface area contributed by atoms with E-state index in [0.29, 0.717) is 8.58 Å². The van der Waals surface area contributed by atoms with Gasteiger partial charge in [-0.2, -0.15) is 0 Å². The van der Waals surface area contributed by atoms with E-state index in [1.54, 1.807) is 14.2 Å². The molecule has 2 aromatic carbocycles. The fourth-order valence-electron chi connectivity index (χ4n) is 4.44. The molecule has 0 aliphatic carbocycles. The van der Waals surface area contributed by atoms with Crippen molar-refractivity contribution in [2.45, 2.75) is 51.1 Å². The molecular weight excluding hydrogens is 393 g/mol. The van der Waals surface area contributed by atoms with Crippen LogP contribution in [-0.4, -0.2) is 34.1 Å². The Bertz CT molecular complexity index is 801. The number of ether oxygens (including phenoxy) is 3. The lowest BCUT2D eigenvalue weighted by molar-refractivity contribution is 0.0479. The zero-order chi connectivity index (χ0) is 21.4. The second-order valence-electron chi connectivity index (χ2n) is 7.87. The molecule has 1 aliphatic heterocycles. The van der Waals surface area contributed by atoms with Gasteiger partial charge < -0.3 is 19.1 Å². The summed E-state index contributed by atoms with van der Waals surface area (Å²) < 4.78 is 16.9. The number of piperidine rings is 1. The van der Waals surface area contributed by atoms with E-state index in [9.17, 15) is 0 Å². The average Bonchev–Trinajstić information content (AvgIpc) is 2.82. The first-order chi connectivity index (χ1) is 14.7. The first kappa shape index (κ1) is 22.9. The van der Waals surface area contributed by atoms with Crippen LogP contribution < -0.4 is 19.7 Å². The van der Waals surface area contributed by atoms with E-state index in [1.807, 2.05) is 6.07 Å². The predicted molar refractivity (Wildman–Crippen MR) is 128 cm³/mol. The summed E-state index contributed by atoms with van der Waals surface area (Å²) >= 11 is 0. The van der Waals surface area contributed by atoms with Gasteiger partial charge in [-0.25, -0.2) is 0 Å². The van der Waals surface area contributed by atoms with Gasteiger partial charge in [0, 0.05) is 36.6 Å². The van der Waals surface area contributed by atoms with Crippen molar-refractivity contribution in [3.63, 3.8) is 0 Å². The van der Waals surface area contributed by atoms with E-state index in [4.69, 9.17) is 14.2 Å². The lowest BCUT2D eigenvalue weighted by Crippen LogP contribution is -2.33. The largest absolute Gasteiger partial charge is 0.493 e. The van der Waals surface area contributed by atoms with Crippen molar-refractivity contribution in [1.82, 2.24) is 0 Å². The minimum Gasteiger partial charge on any atom is -0.493 e. The molecule has 1 heterocycles. The minimum absolute atomic E-state index is 0.0104. The molecule has 0 N–H and O–H groups in total. The van der Waals surface area contributed by atoms with Crippen molar-refractivity contribution in [1.29, 1.82) is 0 Å². The van der Waals surface area contributed by atoms with E-state index in [0.717, 1.165) is 37.4 Å². The first-order valence-electron chi connectivity index (χ1n) is 11.1. The molecule has 0 amide bonds. The van der Waals surface area contributed by atoms with Gasteiger partial charge in [-0.15, -0.1) is 0 Å². The maximum atomic E-state index is 6.05. The van der Waals surface area contributed by atoms with Crippen LogP contribution in [0.4, 0.5) is 5.69 Å². The zero-order valence-corrected chi connectivity index (χ0v) is 19.9. The van der Waals surface area contributed by atoms with Gasteiger partial charge in [0.05, 0.1) is 7.11 Å². The van der Waals surface area contributed by atoms with Crippen molar-refractivity contribution in [2.24, 2.45) is 0 Å². The molecule has 0 saturated carbocycles. The highest BCUT2D eigenvalue weighted by Gasteiger charge is 2.34. The smallest absolute Gasteiger partial charge is 0.188 e. The van der Waals surface area contributed by atoms with Gasteiger partial charge in [-0.05, 0) is 49.5 Å². The maximum Gasteiger partial charge on any atom is 0.188 e. The highest BCUT2D eigenvalue weighted by atomic mass is 31.1. The molecule has 3 rings (SSSR count). The fourth-order valence-corrected chi connectivity index (χ4v) is 6.19. The summed E-state index contributed by atoms with van der Waals surface area (Å²) in [4.78, 5) is 2.58. The van der Waals surface area contributed by atoms with Gasteiger partial charge in [-0.1, -0.05) is 52.8 Å². The number of benzene rings is 2. The molecule has 5 heteroatoms. The van der Waals surface area contributed by atoms with E-state index in [2.05, 4.69) is 55.1 Å². The van der Waals surface area contributed by atoms with Crippen molar-refractivity contribution in [3.8, 4) is 11.5 Å². The van der Waals surface area contributed by atoms with Crippen LogP contribution >= 0.6 is 8.58 Å². The monoisotopic (exact) mass is 429 g/mol. The van der Waals surface area contributed by atoms with Gasteiger partial charge in [0.25, 0.3) is 0 Å². The summed E-state index contributed by atoms with van der Waals surface area (Å²) in [6.45, 7) is 7.12. The van der Waals surface area contributed by atoms with Crippen molar-refractivity contribution in [3.05, 3.63) is 48.0 Å². The molecule has 4 nitrogen and oxygen atoms in total. The number of hydrogen-bond donors (Lipinski definition) is 0. The van der Waals surface area contributed by atoms with E-state index in [1.165, 1.54) is 35.8 Å². The predicted octanol–water partition coefficient (Wildman–Crippen LogP) is 5.69. The van der Waals surface area contributed by atoms with Crippen LogP contribution in [0.5, 0.6) is 11.5 Å².